The van der Waals surface area contributed by atoms with Crippen LogP contribution in [0.25, 0.3) is 0 Å². The Bertz CT molecular complexity index is 606. The van der Waals surface area contributed by atoms with Gasteiger partial charge in [-0.2, -0.15) is 10.1 Å². The Morgan fingerprint density at radius 1 is 1.15 bits per heavy atom. The first-order valence-electron chi connectivity index (χ1n) is 5.96. The second-order valence-corrected chi connectivity index (χ2v) is 3.94. The van der Waals surface area contributed by atoms with Crippen LogP contribution in [0.1, 0.15) is 13.3 Å². The van der Waals surface area contributed by atoms with Crippen LogP contribution < -0.4 is 10.6 Å². The molecule has 0 spiro atoms. The number of nitrogens with one attached hydrogen (secondary N) is 2. The molecule has 0 radical (unpaired) electrons. The standard InChI is InChI=1S/C12H12F3N5/c1-2-5-16-9-6-17-20-12(19-9)18-8-4-3-7(13)10(14)11(8)15/h3-4,6H,2,5H2,1H3,(H2,16,18,19,20). The normalized spacial score (nSPS) is 10.4. The molecule has 8 heteroatoms. The molecule has 20 heavy (non-hydrogen) atoms. The number of halogens is 3. The first kappa shape index (κ1) is 14.0. The van der Waals surface area contributed by atoms with Crippen molar-refractivity contribution in [3.8, 4) is 0 Å². The van der Waals surface area contributed by atoms with Gasteiger partial charge in [0.25, 0.3) is 0 Å². The maximum Gasteiger partial charge on any atom is 0.249 e. The van der Waals surface area contributed by atoms with Crippen LogP contribution in [0, 0.1) is 17.5 Å². The molecule has 1 heterocycles. The summed E-state index contributed by atoms with van der Waals surface area (Å²) >= 11 is 0. The van der Waals surface area contributed by atoms with E-state index in [2.05, 4.69) is 25.8 Å². The van der Waals surface area contributed by atoms with E-state index in [4.69, 9.17) is 0 Å². The highest BCUT2D eigenvalue weighted by atomic mass is 19.2. The highest BCUT2D eigenvalue weighted by Gasteiger charge is 2.14. The van der Waals surface area contributed by atoms with Crippen LogP contribution in [0.3, 0.4) is 0 Å². The molecular weight excluding hydrogens is 271 g/mol. The van der Waals surface area contributed by atoms with Crippen molar-refractivity contribution in [2.24, 2.45) is 0 Å². The Morgan fingerprint density at radius 2 is 1.95 bits per heavy atom. The van der Waals surface area contributed by atoms with Crippen LogP contribution >= 0.6 is 0 Å². The minimum absolute atomic E-state index is 0.0176. The highest BCUT2D eigenvalue weighted by molar-refractivity contribution is 5.55. The van der Waals surface area contributed by atoms with Crippen molar-refractivity contribution < 1.29 is 13.2 Å². The molecule has 0 bridgehead atoms. The predicted molar refractivity (Wildman–Crippen MR) is 68.2 cm³/mol. The maximum atomic E-state index is 13.5. The summed E-state index contributed by atoms with van der Waals surface area (Å²) in [6.45, 7) is 2.68. The minimum atomic E-state index is -1.55. The van der Waals surface area contributed by atoms with Gasteiger partial charge in [-0.15, -0.1) is 5.10 Å². The fourth-order valence-electron chi connectivity index (χ4n) is 1.44. The van der Waals surface area contributed by atoms with Gasteiger partial charge in [-0.25, -0.2) is 13.2 Å². The van der Waals surface area contributed by atoms with Crippen molar-refractivity contribution in [1.29, 1.82) is 0 Å². The number of hydrogen-bond donors (Lipinski definition) is 2. The highest BCUT2D eigenvalue weighted by Crippen LogP contribution is 2.22. The zero-order valence-electron chi connectivity index (χ0n) is 10.6. The summed E-state index contributed by atoms with van der Waals surface area (Å²) in [5.41, 5.74) is -0.265. The van der Waals surface area contributed by atoms with Crippen LogP contribution in [-0.2, 0) is 0 Å². The summed E-state index contributed by atoms with van der Waals surface area (Å²) in [6, 6.07) is 1.87. The number of aromatic nitrogens is 3. The number of anilines is 3. The maximum absolute atomic E-state index is 13.5. The summed E-state index contributed by atoms with van der Waals surface area (Å²) in [5.74, 6) is -3.71. The molecule has 2 rings (SSSR count). The first-order chi connectivity index (χ1) is 9.61. The molecule has 0 saturated heterocycles. The number of rotatable bonds is 5. The van der Waals surface area contributed by atoms with E-state index in [-0.39, 0.29) is 11.6 Å². The molecule has 1 aromatic heterocycles. The van der Waals surface area contributed by atoms with Crippen molar-refractivity contribution in [2.45, 2.75) is 13.3 Å². The lowest BCUT2D eigenvalue weighted by molar-refractivity contribution is 0.449. The Labute approximate surface area is 113 Å². The molecule has 5 nitrogen and oxygen atoms in total. The molecule has 0 saturated carbocycles. The third-order valence-electron chi connectivity index (χ3n) is 2.40. The fraction of sp³-hybridized carbons (Fsp3) is 0.250. The largest absolute Gasteiger partial charge is 0.369 e. The molecular formula is C12H12F3N5. The van der Waals surface area contributed by atoms with Crippen molar-refractivity contribution in [1.82, 2.24) is 15.2 Å². The van der Waals surface area contributed by atoms with Gasteiger partial charge >= 0.3 is 0 Å². The van der Waals surface area contributed by atoms with Gasteiger partial charge in [0.05, 0.1) is 11.9 Å². The van der Waals surface area contributed by atoms with Gasteiger partial charge in [-0.05, 0) is 18.6 Å². The number of benzene rings is 1. The van der Waals surface area contributed by atoms with Crippen LogP contribution in [0.4, 0.5) is 30.6 Å². The van der Waals surface area contributed by atoms with Gasteiger partial charge < -0.3 is 10.6 Å². The van der Waals surface area contributed by atoms with Crippen molar-refractivity contribution in [3.05, 3.63) is 35.8 Å². The Kier molecular flexibility index (Phi) is 4.34. The minimum Gasteiger partial charge on any atom is -0.369 e. The predicted octanol–water partition coefficient (Wildman–Crippen LogP) is 2.85. The van der Waals surface area contributed by atoms with E-state index in [0.29, 0.717) is 12.4 Å². The summed E-state index contributed by atoms with van der Waals surface area (Å²) in [6.07, 6.45) is 2.30. The van der Waals surface area contributed by atoms with Crippen LogP contribution in [0.5, 0.6) is 0 Å². The zero-order valence-corrected chi connectivity index (χ0v) is 10.6. The van der Waals surface area contributed by atoms with Gasteiger partial charge in [0.2, 0.25) is 5.95 Å². The molecule has 0 unspecified atom stereocenters. The van der Waals surface area contributed by atoms with Crippen LogP contribution in [-0.4, -0.2) is 21.7 Å². The third-order valence-corrected chi connectivity index (χ3v) is 2.40. The van der Waals surface area contributed by atoms with Crippen LogP contribution in [0.15, 0.2) is 18.3 Å². The number of nitrogens with zero attached hydrogens (tertiary/aromatic N) is 3. The van der Waals surface area contributed by atoms with E-state index < -0.39 is 17.5 Å². The molecule has 106 valence electrons. The lowest BCUT2D eigenvalue weighted by Gasteiger charge is -2.08. The smallest absolute Gasteiger partial charge is 0.249 e. The molecule has 0 fully saturated rings. The average molecular weight is 283 g/mol. The average Bonchev–Trinajstić information content (AvgIpc) is 2.46. The molecule has 0 atom stereocenters. The monoisotopic (exact) mass is 283 g/mol. The van der Waals surface area contributed by atoms with Crippen LogP contribution in [0.2, 0.25) is 0 Å². The Morgan fingerprint density at radius 3 is 2.70 bits per heavy atom. The van der Waals surface area contributed by atoms with Gasteiger partial charge in [0.1, 0.15) is 0 Å². The molecule has 1 aromatic carbocycles. The lowest BCUT2D eigenvalue weighted by Crippen LogP contribution is -2.07. The SMILES string of the molecule is CCCNc1cnnc(Nc2ccc(F)c(F)c2F)n1. The van der Waals surface area contributed by atoms with E-state index in [0.717, 1.165) is 18.6 Å². The van der Waals surface area contributed by atoms with Gasteiger partial charge in [0.15, 0.2) is 23.3 Å². The summed E-state index contributed by atoms with van der Waals surface area (Å²) in [4.78, 5) is 4.02. The Hall–Kier alpha value is -2.38. The van der Waals surface area contributed by atoms with Crippen molar-refractivity contribution in [3.63, 3.8) is 0 Å². The lowest BCUT2D eigenvalue weighted by atomic mass is 10.3. The summed E-state index contributed by atoms with van der Waals surface area (Å²) in [7, 11) is 0. The Balaban J connectivity index is 2.20. The number of hydrogen-bond acceptors (Lipinski definition) is 5. The quantitative estimate of drug-likeness (QED) is 0.826. The van der Waals surface area contributed by atoms with Gasteiger partial charge in [-0.1, -0.05) is 6.92 Å². The first-order valence-corrected chi connectivity index (χ1v) is 5.96. The topological polar surface area (TPSA) is 62.7 Å². The molecule has 0 aliphatic rings. The second-order valence-electron chi connectivity index (χ2n) is 3.94. The summed E-state index contributed by atoms with van der Waals surface area (Å²) in [5, 5.41) is 12.7. The molecule has 0 aliphatic carbocycles. The van der Waals surface area contributed by atoms with Gasteiger partial charge in [0, 0.05) is 6.54 Å². The van der Waals surface area contributed by atoms with E-state index in [1.165, 1.54) is 6.20 Å². The molecule has 2 aromatic rings. The molecule has 2 N–H and O–H groups in total. The van der Waals surface area contributed by atoms with E-state index >= 15 is 0 Å². The van der Waals surface area contributed by atoms with Crippen molar-refractivity contribution >= 4 is 17.5 Å². The van der Waals surface area contributed by atoms with E-state index in [9.17, 15) is 13.2 Å². The second kappa shape index (κ2) is 6.18. The summed E-state index contributed by atoms with van der Waals surface area (Å²) < 4.78 is 39.4. The van der Waals surface area contributed by atoms with E-state index in [1.54, 1.807) is 0 Å². The third kappa shape index (κ3) is 3.14. The molecule has 0 amide bonds. The zero-order chi connectivity index (χ0) is 14.5. The fourth-order valence-corrected chi connectivity index (χ4v) is 1.44. The van der Waals surface area contributed by atoms with Gasteiger partial charge in [-0.3, -0.25) is 0 Å². The van der Waals surface area contributed by atoms with E-state index in [1.807, 2.05) is 6.92 Å². The van der Waals surface area contributed by atoms with Crippen molar-refractivity contribution in [2.75, 3.05) is 17.2 Å². The molecule has 0 aliphatic heterocycles.